The molecule has 1 aromatic heterocycles. The Morgan fingerprint density at radius 3 is 2.83 bits per heavy atom. The van der Waals surface area contributed by atoms with Crippen molar-refractivity contribution in [3.8, 4) is 0 Å². The van der Waals surface area contributed by atoms with Gasteiger partial charge in [-0.05, 0) is 41.9 Å². The molecule has 0 spiro atoms. The zero-order valence-corrected chi connectivity index (χ0v) is 8.30. The molecule has 0 radical (unpaired) electrons. The van der Waals surface area contributed by atoms with E-state index in [0.29, 0.717) is 5.92 Å². The largest absolute Gasteiger partial charge is 0.434 e. The molecule has 0 aromatic carbocycles. The van der Waals surface area contributed by atoms with Gasteiger partial charge in [0.25, 0.3) is 0 Å². The van der Waals surface area contributed by atoms with E-state index in [2.05, 4.69) is 26.2 Å². The lowest BCUT2D eigenvalue weighted by Crippen LogP contribution is -2.26. The van der Waals surface area contributed by atoms with Crippen molar-refractivity contribution in [2.75, 3.05) is 13.1 Å². The zero-order chi connectivity index (χ0) is 8.39. The Kier molecular flexibility index (Phi) is 2.46. The number of hydrogen-bond donors (Lipinski definition) is 1. The normalized spacial score (nSPS) is 19.8. The number of nitrogens with one attached hydrogen (secondary N) is 1. The maximum absolute atomic E-state index is 5.40. The highest BCUT2D eigenvalue weighted by molar-refractivity contribution is 9.10. The number of hydrogen-bond acceptors (Lipinski definition) is 3. The fourth-order valence-electron chi connectivity index (χ4n) is 1.52. The number of aromatic nitrogens is 1. The van der Waals surface area contributed by atoms with Crippen molar-refractivity contribution in [3.63, 3.8) is 0 Å². The third-order valence-electron chi connectivity index (χ3n) is 2.18. The molecule has 0 unspecified atom stereocenters. The summed E-state index contributed by atoms with van der Waals surface area (Å²) in [5.41, 5.74) is 0. The van der Waals surface area contributed by atoms with Gasteiger partial charge in [0, 0.05) is 5.92 Å². The highest BCUT2D eigenvalue weighted by atomic mass is 79.9. The van der Waals surface area contributed by atoms with Gasteiger partial charge in [-0.2, -0.15) is 0 Å². The van der Waals surface area contributed by atoms with Crippen LogP contribution >= 0.6 is 15.9 Å². The van der Waals surface area contributed by atoms with E-state index in [0.717, 1.165) is 36.5 Å². The zero-order valence-electron chi connectivity index (χ0n) is 6.72. The van der Waals surface area contributed by atoms with Gasteiger partial charge in [0.15, 0.2) is 10.6 Å². The highest BCUT2D eigenvalue weighted by Gasteiger charge is 2.19. The fourth-order valence-corrected chi connectivity index (χ4v) is 1.79. The van der Waals surface area contributed by atoms with Gasteiger partial charge in [0.2, 0.25) is 0 Å². The van der Waals surface area contributed by atoms with Crippen LogP contribution in [0.25, 0.3) is 0 Å². The molecule has 1 N–H and O–H groups in total. The molecule has 4 heteroatoms. The summed E-state index contributed by atoms with van der Waals surface area (Å²) in [5.74, 6) is 1.39. The van der Waals surface area contributed by atoms with E-state index in [-0.39, 0.29) is 0 Å². The number of piperidine rings is 1. The molecule has 3 nitrogen and oxygen atoms in total. The fraction of sp³-hybridized carbons (Fsp3) is 0.625. The van der Waals surface area contributed by atoms with Gasteiger partial charge in [-0.15, -0.1) is 0 Å². The summed E-state index contributed by atoms with van der Waals surface area (Å²) in [7, 11) is 0. The first kappa shape index (κ1) is 8.26. The molecule has 1 aliphatic rings. The number of halogens is 1. The van der Waals surface area contributed by atoms with E-state index in [1.165, 1.54) is 0 Å². The molecule has 0 aliphatic carbocycles. The van der Waals surface area contributed by atoms with Gasteiger partial charge in [-0.1, -0.05) is 0 Å². The highest BCUT2D eigenvalue weighted by Crippen LogP contribution is 2.25. The molecule has 1 aliphatic heterocycles. The molecular formula is C8H11BrN2O. The average molecular weight is 231 g/mol. The molecule has 0 amide bonds. The third-order valence-corrected chi connectivity index (χ3v) is 2.55. The Morgan fingerprint density at radius 1 is 1.50 bits per heavy atom. The first-order chi connectivity index (χ1) is 5.86. The second-order valence-electron chi connectivity index (χ2n) is 3.03. The summed E-state index contributed by atoms with van der Waals surface area (Å²) in [6.45, 7) is 2.15. The van der Waals surface area contributed by atoms with Crippen LogP contribution in [0, 0.1) is 0 Å². The van der Waals surface area contributed by atoms with Gasteiger partial charge in [-0.3, -0.25) is 0 Å². The van der Waals surface area contributed by atoms with E-state index in [4.69, 9.17) is 4.42 Å². The SMILES string of the molecule is Brc1cnc(C2CCNCC2)o1. The minimum atomic E-state index is 0.512. The average Bonchev–Trinajstić information content (AvgIpc) is 2.54. The molecule has 0 bridgehead atoms. The number of rotatable bonds is 1. The molecule has 2 rings (SSSR count). The van der Waals surface area contributed by atoms with Crippen LogP contribution in [-0.4, -0.2) is 18.1 Å². The van der Waals surface area contributed by atoms with Crippen molar-refractivity contribution in [1.29, 1.82) is 0 Å². The van der Waals surface area contributed by atoms with Crippen molar-refractivity contribution in [2.24, 2.45) is 0 Å². The molecule has 66 valence electrons. The number of oxazole rings is 1. The lowest BCUT2D eigenvalue weighted by Gasteiger charge is -2.19. The van der Waals surface area contributed by atoms with Crippen LogP contribution in [0.15, 0.2) is 15.3 Å². The lowest BCUT2D eigenvalue weighted by atomic mass is 9.98. The van der Waals surface area contributed by atoms with E-state index < -0.39 is 0 Å². The van der Waals surface area contributed by atoms with Crippen molar-refractivity contribution >= 4 is 15.9 Å². The van der Waals surface area contributed by atoms with E-state index in [1.54, 1.807) is 6.20 Å². The molecular weight excluding hydrogens is 220 g/mol. The molecule has 1 aromatic rings. The van der Waals surface area contributed by atoms with Crippen LogP contribution in [-0.2, 0) is 0 Å². The molecule has 0 atom stereocenters. The first-order valence-electron chi connectivity index (χ1n) is 4.18. The van der Waals surface area contributed by atoms with Gasteiger partial charge in [0.05, 0.1) is 6.20 Å². The summed E-state index contributed by atoms with van der Waals surface area (Å²) in [6.07, 6.45) is 3.98. The summed E-state index contributed by atoms with van der Waals surface area (Å²) < 4.78 is 6.13. The summed E-state index contributed by atoms with van der Waals surface area (Å²) in [5, 5.41) is 3.31. The Labute approximate surface area is 79.7 Å². The summed E-state index contributed by atoms with van der Waals surface area (Å²) >= 11 is 3.25. The maximum Gasteiger partial charge on any atom is 0.198 e. The van der Waals surface area contributed by atoms with Crippen molar-refractivity contribution in [1.82, 2.24) is 10.3 Å². The standard InChI is InChI=1S/C8H11BrN2O/c9-7-5-11-8(12-7)6-1-3-10-4-2-6/h5-6,10H,1-4H2. The Hall–Kier alpha value is -0.350. The topological polar surface area (TPSA) is 38.1 Å². The molecule has 0 saturated carbocycles. The molecule has 12 heavy (non-hydrogen) atoms. The second kappa shape index (κ2) is 3.58. The van der Waals surface area contributed by atoms with Crippen LogP contribution in [0.3, 0.4) is 0 Å². The minimum absolute atomic E-state index is 0.512. The smallest absolute Gasteiger partial charge is 0.198 e. The monoisotopic (exact) mass is 230 g/mol. The summed E-state index contributed by atoms with van der Waals surface area (Å²) in [6, 6.07) is 0. The molecule has 1 saturated heterocycles. The Bertz CT molecular complexity index is 255. The third kappa shape index (κ3) is 1.69. The van der Waals surface area contributed by atoms with Gasteiger partial charge in [-0.25, -0.2) is 4.98 Å². The van der Waals surface area contributed by atoms with Gasteiger partial charge < -0.3 is 9.73 Å². The number of nitrogens with zero attached hydrogens (tertiary/aromatic N) is 1. The van der Waals surface area contributed by atoms with Crippen molar-refractivity contribution < 1.29 is 4.42 Å². The van der Waals surface area contributed by atoms with Crippen molar-refractivity contribution in [2.45, 2.75) is 18.8 Å². The second-order valence-corrected chi connectivity index (χ2v) is 3.81. The molecule has 1 fully saturated rings. The van der Waals surface area contributed by atoms with E-state index >= 15 is 0 Å². The van der Waals surface area contributed by atoms with Crippen LogP contribution < -0.4 is 5.32 Å². The van der Waals surface area contributed by atoms with Gasteiger partial charge in [0.1, 0.15) is 0 Å². The van der Waals surface area contributed by atoms with E-state index in [9.17, 15) is 0 Å². The van der Waals surface area contributed by atoms with Crippen LogP contribution in [0.1, 0.15) is 24.7 Å². The predicted molar refractivity (Wildman–Crippen MR) is 49.0 cm³/mol. The van der Waals surface area contributed by atoms with Gasteiger partial charge >= 0.3 is 0 Å². The molecule has 2 heterocycles. The van der Waals surface area contributed by atoms with E-state index in [1.807, 2.05) is 0 Å². The Balaban J connectivity index is 2.08. The van der Waals surface area contributed by atoms with Crippen LogP contribution in [0.5, 0.6) is 0 Å². The minimum Gasteiger partial charge on any atom is -0.434 e. The predicted octanol–water partition coefficient (Wildman–Crippen LogP) is 1.90. The Morgan fingerprint density at radius 2 is 2.25 bits per heavy atom. The first-order valence-corrected chi connectivity index (χ1v) is 4.97. The summed E-state index contributed by atoms with van der Waals surface area (Å²) in [4.78, 5) is 4.20. The van der Waals surface area contributed by atoms with Crippen LogP contribution in [0.4, 0.5) is 0 Å². The lowest BCUT2D eigenvalue weighted by molar-refractivity contribution is 0.367. The van der Waals surface area contributed by atoms with Crippen LogP contribution in [0.2, 0.25) is 0 Å². The quantitative estimate of drug-likeness (QED) is 0.802. The maximum atomic E-state index is 5.40. The van der Waals surface area contributed by atoms with Crippen molar-refractivity contribution in [3.05, 3.63) is 16.8 Å².